The summed E-state index contributed by atoms with van der Waals surface area (Å²) < 4.78 is 16.1. The summed E-state index contributed by atoms with van der Waals surface area (Å²) >= 11 is 0. The maximum atomic E-state index is 12.9. The number of allylic oxidation sites excluding steroid dienone is 1. The van der Waals surface area contributed by atoms with Crippen LogP contribution in [0.4, 0.5) is 0 Å². The van der Waals surface area contributed by atoms with Crippen LogP contribution in [0.5, 0.6) is 0 Å². The molecular weight excluding hydrogens is 362 g/mol. The van der Waals surface area contributed by atoms with Crippen molar-refractivity contribution in [1.82, 2.24) is 10.3 Å². The molecule has 0 aromatic carbocycles. The molecule has 0 fully saturated rings. The monoisotopic (exact) mass is 389 g/mol. The van der Waals surface area contributed by atoms with Gasteiger partial charge in [0.05, 0.1) is 49.2 Å². The van der Waals surface area contributed by atoms with E-state index in [1.807, 2.05) is 6.07 Å². The second kappa shape index (κ2) is 10.6. The molecule has 0 radical (unpaired) electrons. The van der Waals surface area contributed by atoms with Crippen LogP contribution in [0.2, 0.25) is 0 Å². The van der Waals surface area contributed by atoms with E-state index in [0.717, 1.165) is 0 Å². The summed E-state index contributed by atoms with van der Waals surface area (Å²) in [4.78, 5) is 29.7. The summed E-state index contributed by atoms with van der Waals surface area (Å²) in [5.74, 6) is -1.70. The molecule has 0 amide bonds. The van der Waals surface area contributed by atoms with Gasteiger partial charge in [-0.2, -0.15) is 0 Å². The average molecular weight is 389 g/mol. The van der Waals surface area contributed by atoms with Gasteiger partial charge in [0.25, 0.3) is 0 Å². The van der Waals surface area contributed by atoms with Crippen molar-refractivity contribution < 1.29 is 23.8 Å². The minimum atomic E-state index is -0.676. The normalized spacial score (nSPS) is 16.6. The highest BCUT2D eigenvalue weighted by Gasteiger charge is 2.39. The Bertz CT molecular complexity index is 758. The van der Waals surface area contributed by atoms with Gasteiger partial charge >= 0.3 is 11.9 Å². The predicted molar refractivity (Wildman–Crippen MR) is 103 cm³/mol. The molecule has 1 unspecified atom stereocenters. The third-order valence-electron chi connectivity index (χ3n) is 4.16. The molecule has 28 heavy (non-hydrogen) atoms. The van der Waals surface area contributed by atoms with Gasteiger partial charge in [0, 0.05) is 24.6 Å². The topological polar surface area (TPSA) is 113 Å². The summed E-state index contributed by atoms with van der Waals surface area (Å²) in [5, 5.41) is 3.13. The lowest BCUT2D eigenvalue weighted by atomic mass is 9.81. The quantitative estimate of drug-likeness (QED) is 0.481. The highest BCUT2D eigenvalue weighted by atomic mass is 16.5. The van der Waals surface area contributed by atoms with Crippen LogP contribution in [-0.4, -0.2) is 49.9 Å². The second-order valence-electron chi connectivity index (χ2n) is 6.06. The molecule has 1 aliphatic rings. The number of hydrogen-bond donors (Lipinski definition) is 2. The third kappa shape index (κ3) is 4.96. The summed E-state index contributed by atoms with van der Waals surface area (Å²) in [6, 6.07) is 3.57. The van der Waals surface area contributed by atoms with Crippen molar-refractivity contribution in [2.75, 3.05) is 33.0 Å². The maximum absolute atomic E-state index is 12.9. The number of carbonyl (C=O) groups is 2. The van der Waals surface area contributed by atoms with E-state index in [9.17, 15) is 9.59 Å². The Morgan fingerprint density at radius 2 is 1.86 bits per heavy atom. The Morgan fingerprint density at radius 3 is 2.43 bits per heavy atom. The number of ether oxygens (including phenoxy) is 3. The molecule has 0 saturated heterocycles. The van der Waals surface area contributed by atoms with Crippen molar-refractivity contribution in [3.63, 3.8) is 0 Å². The number of esters is 2. The number of pyridine rings is 1. The van der Waals surface area contributed by atoms with Gasteiger partial charge in [-0.1, -0.05) is 6.07 Å². The van der Waals surface area contributed by atoms with Crippen LogP contribution in [0.3, 0.4) is 0 Å². The predicted octanol–water partition coefficient (Wildman–Crippen LogP) is 1.40. The van der Waals surface area contributed by atoms with Gasteiger partial charge < -0.3 is 25.3 Å². The molecule has 1 atom stereocenters. The number of dihydropyridines is 1. The van der Waals surface area contributed by atoms with E-state index in [1.54, 1.807) is 39.2 Å². The molecule has 2 rings (SSSR count). The van der Waals surface area contributed by atoms with Gasteiger partial charge in [0.15, 0.2) is 0 Å². The van der Waals surface area contributed by atoms with Crippen LogP contribution in [0.15, 0.2) is 47.1 Å². The van der Waals surface area contributed by atoms with Gasteiger partial charge in [-0.25, -0.2) is 9.59 Å². The fraction of sp³-hybridized carbons (Fsp3) is 0.450. The molecule has 3 N–H and O–H groups in total. The van der Waals surface area contributed by atoms with Crippen molar-refractivity contribution in [1.29, 1.82) is 0 Å². The molecule has 2 heterocycles. The first-order chi connectivity index (χ1) is 13.5. The second-order valence-corrected chi connectivity index (χ2v) is 6.06. The summed E-state index contributed by atoms with van der Waals surface area (Å²) in [6.45, 7) is 6.49. The van der Waals surface area contributed by atoms with E-state index in [0.29, 0.717) is 41.3 Å². The van der Waals surface area contributed by atoms with Crippen molar-refractivity contribution in [2.45, 2.75) is 26.7 Å². The molecule has 152 valence electrons. The van der Waals surface area contributed by atoms with E-state index in [1.165, 1.54) is 0 Å². The van der Waals surface area contributed by atoms with Crippen molar-refractivity contribution in [3.05, 3.63) is 52.6 Å². The third-order valence-corrected chi connectivity index (χ3v) is 4.16. The zero-order chi connectivity index (χ0) is 20.5. The number of nitrogens with one attached hydrogen (secondary N) is 1. The molecule has 0 bridgehead atoms. The number of hydrogen-bond acceptors (Lipinski definition) is 8. The summed E-state index contributed by atoms with van der Waals surface area (Å²) in [5.41, 5.74) is 7.96. The summed E-state index contributed by atoms with van der Waals surface area (Å²) in [7, 11) is 0. The molecule has 8 nitrogen and oxygen atoms in total. The van der Waals surface area contributed by atoms with Crippen LogP contribution >= 0.6 is 0 Å². The number of carbonyl (C=O) groups excluding carboxylic acids is 2. The molecule has 1 aromatic rings. The highest BCUT2D eigenvalue weighted by Crippen LogP contribution is 2.39. The first kappa shape index (κ1) is 21.6. The van der Waals surface area contributed by atoms with Crippen molar-refractivity contribution >= 4 is 11.9 Å². The van der Waals surface area contributed by atoms with Crippen LogP contribution < -0.4 is 11.1 Å². The van der Waals surface area contributed by atoms with Crippen LogP contribution in [-0.2, 0) is 23.8 Å². The van der Waals surface area contributed by atoms with E-state index in [2.05, 4.69) is 10.3 Å². The Kier molecular flexibility index (Phi) is 8.16. The smallest absolute Gasteiger partial charge is 0.336 e. The average Bonchev–Trinajstić information content (AvgIpc) is 2.68. The van der Waals surface area contributed by atoms with Crippen LogP contribution in [0.1, 0.15) is 32.3 Å². The van der Waals surface area contributed by atoms with Gasteiger partial charge in [0.2, 0.25) is 0 Å². The minimum Gasteiger partial charge on any atom is -0.463 e. The molecular formula is C20H27N3O5. The Balaban J connectivity index is 2.60. The van der Waals surface area contributed by atoms with E-state index >= 15 is 0 Å². The Hall–Kier alpha value is -2.71. The largest absolute Gasteiger partial charge is 0.463 e. The van der Waals surface area contributed by atoms with Gasteiger partial charge in [-0.05, 0) is 32.4 Å². The maximum Gasteiger partial charge on any atom is 0.336 e. The lowest BCUT2D eigenvalue weighted by Crippen LogP contribution is -2.35. The molecule has 0 spiro atoms. The van der Waals surface area contributed by atoms with Crippen molar-refractivity contribution in [3.8, 4) is 0 Å². The van der Waals surface area contributed by atoms with Crippen LogP contribution in [0, 0.1) is 0 Å². The van der Waals surface area contributed by atoms with Gasteiger partial charge in [-0.15, -0.1) is 0 Å². The Morgan fingerprint density at radius 1 is 1.18 bits per heavy atom. The molecule has 1 aromatic heterocycles. The SMILES string of the molecule is CCOC(=O)C1=C(C)NC(COCCN)=C(C(=O)OCC)C1c1cccnc1. The Labute approximate surface area is 164 Å². The fourth-order valence-corrected chi connectivity index (χ4v) is 3.08. The number of aromatic nitrogens is 1. The van der Waals surface area contributed by atoms with E-state index in [-0.39, 0.29) is 19.8 Å². The first-order valence-electron chi connectivity index (χ1n) is 9.27. The lowest BCUT2D eigenvalue weighted by molar-refractivity contribution is -0.139. The van der Waals surface area contributed by atoms with Gasteiger partial charge in [-0.3, -0.25) is 4.98 Å². The number of rotatable bonds is 9. The zero-order valence-corrected chi connectivity index (χ0v) is 16.5. The number of nitrogens with zero attached hydrogens (tertiary/aromatic N) is 1. The standard InChI is InChI=1S/C20H27N3O5/c1-4-27-19(24)16-13(3)23-15(12-26-10-8-21)18(20(25)28-5-2)17(16)14-7-6-9-22-11-14/h6-7,9,11,17,23H,4-5,8,10,12,21H2,1-3H3. The van der Waals surface area contributed by atoms with Crippen molar-refractivity contribution in [2.24, 2.45) is 5.73 Å². The number of nitrogens with two attached hydrogens (primary N) is 1. The molecule has 1 aliphatic heterocycles. The molecule has 0 saturated carbocycles. The molecule has 8 heteroatoms. The highest BCUT2D eigenvalue weighted by molar-refractivity contribution is 5.99. The zero-order valence-electron chi connectivity index (χ0n) is 16.5. The first-order valence-corrected chi connectivity index (χ1v) is 9.27. The van der Waals surface area contributed by atoms with Crippen LogP contribution in [0.25, 0.3) is 0 Å². The minimum absolute atomic E-state index is 0.134. The fourth-order valence-electron chi connectivity index (χ4n) is 3.08. The molecule has 0 aliphatic carbocycles. The van der Waals surface area contributed by atoms with E-state index in [4.69, 9.17) is 19.9 Å². The van der Waals surface area contributed by atoms with Gasteiger partial charge in [0.1, 0.15) is 0 Å². The summed E-state index contributed by atoms with van der Waals surface area (Å²) in [6.07, 6.45) is 3.25. The lowest BCUT2D eigenvalue weighted by Gasteiger charge is -2.31. The van der Waals surface area contributed by atoms with E-state index < -0.39 is 17.9 Å².